The molecule has 1 unspecified atom stereocenters. The SMILES string of the molecule is NC(=O)C1CC(=O)N(c2ncncc2C(=O)O)C1. The van der Waals surface area contributed by atoms with Crippen LogP contribution in [-0.4, -0.2) is 39.4 Å². The number of carboxylic acids is 1. The maximum atomic E-state index is 11.7. The van der Waals surface area contributed by atoms with E-state index in [0.29, 0.717) is 0 Å². The molecular weight excluding hydrogens is 240 g/mol. The standard InChI is InChI=1S/C10H10N4O4/c11-8(16)5-1-7(15)14(3-5)9-6(10(17)18)2-12-4-13-9/h2,4-5H,1,3H2,(H2,11,16)(H,17,18). The summed E-state index contributed by atoms with van der Waals surface area (Å²) in [5.41, 5.74) is 4.95. The van der Waals surface area contributed by atoms with Crippen molar-refractivity contribution in [3.63, 3.8) is 0 Å². The molecule has 1 aliphatic heterocycles. The first-order chi connectivity index (χ1) is 8.50. The van der Waals surface area contributed by atoms with Crippen molar-refractivity contribution in [3.8, 4) is 0 Å². The number of aromatic carboxylic acids is 1. The number of carbonyl (C=O) groups is 3. The zero-order valence-electron chi connectivity index (χ0n) is 9.24. The Bertz CT molecular complexity index is 530. The van der Waals surface area contributed by atoms with Crippen molar-refractivity contribution in [2.45, 2.75) is 6.42 Å². The molecule has 0 aromatic carbocycles. The van der Waals surface area contributed by atoms with Crippen LogP contribution in [0.2, 0.25) is 0 Å². The molecule has 8 nitrogen and oxygen atoms in total. The molecule has 0 aliphatic carbocycles. The molecule has 1 aliphatic rings. The van der Waals surface area contributed by atoms with Crippen molar-refractivity contribution in [2.75, 3.05) is 11.4 Å². The zero-order valence-corrected chi connectivity index (χ0v) is 9.24. The molecule has 1 aromatic rings. The van der Waals surface area contributed by atoms with Gasteiger partial charge < -0.3 is 10.8 Å². The fourth-order valence-electron chi connectivity index (χ4n) is 1.79. The largest absolute Gasteiger partial charge is 0.477 e. The number of nitrogens with two attached hydrogens (primary N) is 1. The number of rotatable bonds is 3. The monoisotopic (exact) mass is 250 g/mol. The predicted molar refractivity (Wildman–Crippen MR) is 58.6 cm³/mol. The summed E-state index contributed by atoms with van der Waals surface area (Å²) in [6.45, 7) is 0.0471. The van der Waals surface area contributed by atoms with Gasteiger partial charge in [0.2, 0.25) is 11.8 Å². The summed E-state index contributed by atoms with van der Waals surface area (Å²) in [5, 5.41) is 8.98. The third-order valence-corrected chi connectivity index (χ3v) is 2.70. The highest BCUT2D eigenvalue weighted by Crippen LogP contribution is 2.25. The van der Waals surface area contributed by atoms with Gasteiger partial charge in [-0.3, -0.25) is 14.5 Å². The number of primary amides is 1. The summed E-state index contributed by atoms with van der Waals surface area (Å²) in [4.78, 5) is 42.3. The van der Waals surface area contributed by atoms with E-state index in [-0.39, 0.29) is 30.3 Å². The molecule has 3 N–H and O–H groups in total. The first kappa shape index (κ1) is 12.0. The Balaban J connectivity index is 2.35. The van der Waals surface area contributed by atoms with Crippen molar-refractivity contribution in [1.82, 2.24) is 9.97 Å². The molecular formula is C10H10N4O4. The molecule has 1 saturated heterocycles. The van der Waals surface area contributed by atoms with Crippen LogP contribution >= 0.6 is 0 Å². The fraction of sp³-hybridized carbons (Fsp3) is 0.300. The summed E-state index contributed by atoms with van der Waals surface area (Å²) in [6, 6.07) is 0. The van der Waals surface area contributed by atoms with Crippen molar-refractivity contribution in [1.29, 1.82) is 0 Å². The van der Waals surface area contributed by atoms with Crippen LogP contribution in [0.25, 0.3) is 0 Å². The van der Waals surface area contributed by atoms with Crippen LogP contribution < -0.4 is 10.6 Å². The van der Waals surface area contributed by atoms with Crippen LogP contribution in [0.4, 0.5) is 5.82 Å². The Kier molecular flexibility index (Phi) is 2.92. The number of hydrogen-bond acceptors (Lipinski definition) is 5. The summed E-state index contributed by atoms with van der Waals surface area (Å²) in [5.74, 6) is -2.82. The number of amides is 2. The van der Waals surface area contributed by atoms with Crippen molar-refractivity contribution in [3.05, 3.63) is 18.1 Å². The first-order valence-electron chi connectivity index (χ1n) is 5.13. The van der Waals surface area contributed by atoms with Gasteiger partial charge >= 0.3 is 5.97 Å². The third-order valence-electron chi connectivity index (χ3n) is 2.70. The van der Waals surface area contributed by atoms with E-state index in [1.54, 1.807) is 0 Å². The van der Waals surface area contributed by atoms with E-state index < -0.39 is 17.8 Å². The average Bonchev–Trinajstić information content (AvgIpc) is 2.71. The first-order valence-corrected chi connectivity index (χ1v) is 5.13. The molecule has 1 atom stereocenters. The van der Waals surface area contributed by atoms with Crippen molar-refractivity contribution < 1.29 is 19.5 Å². The molecule has 18 heavy (non-hydrogen) atoms. The maximum absolute atomic E-state index is 11.7. The number of aromatic nitrogens is 2. The lowest BCUT2D eigenvalue weighted by Gasteiger charge is -2.16. The third kappa shape index (κ3) is 1.99. The van der Waals surface area contributed by atoms with Gasteiger partial charge in [-0.2, -0.15) is 0 Å². The molecule has 2 amide bonds. The highest BCUT2D eigenvalue weighted by Gasteiger charge is 2.36. The lowest BCUT2D eigenvalue weighted by molar-refractivity contribution is -0.123. The van der Waals surface area contributed by atoms with E-state index in [9.17, 15) is 14.4 Å². The number of nitrogens with zero attached hydrogens (tertiary/aromatic N) is 3. The van der Waals surface area contributed by atoms with Crippen LogP contribution in [-0.2, 0) is 9.59 Å². The van der Waals surface area contributed by atoms with Gasteiger partial charge in [0.05, 0.1) is 5.92 Å². The van der Waals surface area contributed by atoms with Crippen LogP contribution in [0.1, 0.15) is 16.8 Å². The highest BCUT2D eigenvalue weighted by atomic mass is 16.4. The summed E-state index contributed by atoms with van der Waals surface area (Å²) in [7, 11) is 0. The fourth-order valence-corrected chi connectivity index (χ4v) is 1.79. The summed E-state index contributed by atoms with van der Waals surface area (Å²) >= 11 is 0. The number of anilines is 1. The van der Waals surface area contributed by atoms with Crippen LogP contribution in [0.5, 0.6) is 0 Å². The Labute approximate surface area is 101 Å². The molecule has 0 saturated carbocycles. The Morgan fingerprint density at radius 2 is 2.22 bits per heavy atom. The minimum absolute atomic E-state index is 0.00810. The number of hydrogen-bond donors (Lipinski definition) is 2. The predicted octanol–water partition coefficient (Wildman–Crippen LogP) is -0.987. The van der Waals surface area contributed by atoms with Crippen LogP contribution in [0.3, 0.4) is 0 Å². The summed E-state index contributed by atoms with van der Waals surface area (Å²) in [6.07, 6.45) is 2.22. The zero-order chi connectivity index (χ0) is 13.3. The van der Waals surface area contributed by atoms with Gasteiger partial charge in [-0.05, 0) is 0 Å². The minimum Gasteiger partial charge on any atom is -0.477 e. The Morgan fingerprint density at radius 1 is 1.50 bits per heavy atom. The molecule has 94 valence electrons. The second-order valence-electron chi connectivity index (χ2n) is 3.87. The van der Waals surface area contributed by atoms with E-state index in [0.717, 1.165) is 17.4 Å². The number of carboxylic acid groups (broad SMARTS) is 1. The van der Waals surface area contributed by atoms with Gasteiger partial charge in [0.15, 0.2) is 5.82 Å². The van der Waals surface area contributed by atoms with E-state index in [2.05, 4.69) is 9.97 Å². The quantitative estimate of drug-likeness (QED) is 0.709. The van der Waals surface area contributed by atoms with Crippen molar-refractivity contribution >= 4 is 23.6 Å². The highest BCUT2D eigenvalue weighted by molar-refractivity contribution is 6.03. The van der Waals surface area contributed by atoms with E-state index in [1.165, 1.54) is 0 Å². The molecule has 8 heteroatoms. The molecule has 0 bridgehead atoms. The molecule has 1 fully saturated rings. The Hall–Kier alpha value is -2.51. The lowest BCUT2D eigenvalue weighted by atomic mass is 10.1. The minimum atomic E-state index is -1.24. The van der Waals surface area contributed by atoms with Crippen molar-refractivity contribution in [2.24, 2.45) is 11.7 Å². The second-order valence-corrected chi connectivity index (χ2v) is 3.87. The number of carbonyl (C=O) groups excluding carboxylic acids is 2. The maximum Gasteiger partial charge on any atom is 0.341 e. The lowest BCUT2D eigenvalue weighted by Crippen LogP contribution is -2.30. The molecule has 2 rings (SSSR count). The van der Waals surface area contributed by atoms with Gasteiger partial charge in [-0.25, -0.2) is 14.8 Å². The molecule has 0 radical (unpaired) electrons. The normalized spacial score (nSPS) is 19.0. The topological polar surface area (TPSA) is 126 Å². The molecule has 0 spiro atoms. The summed E-state index contributed by atoms with van der Waals surface area (Å²) < 4.78 is 0. The average molecular weight is 250 g/mol. The Morgan fingerprint density at radius 3 is 2.78 bits per heavy atom. The van der Waals surface area contributed by atoms with E-state index in [1.807, 2.05) is 0 Å². The van der Waals surface area contributed by atoms with Gasteiger partial charge in [-0.1, -0.05) is 0 Å². The van der Waals surface area contributed by atoms with Crippen LogP contribution in [0.15, 0.2) is 12.5 Å². The van der Waals surface area contributed by atoms with Gasteiger partial charge in [-0.15, -0.1) is 0 Å². The van der Waals surface area contributed by atoms with Gasteiger partial charge in [0.1, 0.15) is 11.9 Å². The van der Waals surface area contributed by atoms with E-state index >= 15 is 0 Å². The van der Waals surface area contributed by atoms with Gasteiger partial charge in [0.25, 0.3) is 0 Å². The van der Waals surface area contributed by atoms with Gasteiger partial charge in [0, 0.05) is 19.2 Å². The molecule has 1 aromatic heterocycles. The van der Waals surface area contributed by atoms with E-state index in [4.69, 9.17) is 10.8 Å². The van der Waals surface area contributed by atoms with Crippen LogP contribution in [0, 0.1) is 5.92 Å². The molecule has 2 heterocycles. The smallest absolute Gasteiger partial charge is 0.341 e. The second kappa shape index (κ2) is 4.40.